The Bertz CT molecular complexity index is 475. The van der Waals surface area contributed by atoms with E-state index in [9.17, 15) is 4.79 Å². The van der Waals surface area contributed by atoms with Crippen LogP contribution >= 0.6 is 35.4 Å². The first-order valence-corrected chi connectivity index (χ1v) is 5.98. The standard InChI is InChI=1S/C11H12Cl2N2OS/c1-11(2,9(14)17)10(16)15-8-4-3-6(12)5-7(8)13/h3-5H,1-2H3,(H2,14,17)(H,15,16). The third-order valence-electron chi connectivity index (χ3n) is 2.36. The number of hydrogen-bond acceptors (Lipinski definition) is 2. The predicted octanol–water partition coefficient (Wildman–Crippen LogP) is 3.24. The number of carbonyl (C=O) groups excluding carboxylic acids is 1. The molecule has 17 heavy (non-hydrogen) atoms. The molecular weight excluding hydrogens is 279 g/mol. The lowest BCUT2D eigenvalue weighted by atomic mass is 9.92. The Balaban J connectivity index is 2.92. The van der Waals surface area contributed by atoms with Crippen LogP contribution in [0.3, 0.4) is 0 Å². The molecule has 92 valence electrons. The number of rotatable bonds is 3. The van der Waals surface area contributed by atoms with Crippen LogP contribution in [0.15, 0.2) is 18.2 Å². The Kier molecular flexibility index (Phi) is 4.36. The van der Waals surface area contributed by atoms with Crippen molar-refractivity contribution in [1.29, 1.82) is 0 Å². The molecule has 0 heterocycles. The van der Waals surface area contributed by atoms with Crippen molar-refractivity contribution in [3.05, 3.63) is 28.2 Å². The first-order chi connectivity index (χ1) is 7.75. The predicted molar refractivity (Wildman–Crippen MR) is 75.7 cm³/mol. The van der Waals surface area contributed by atoms with E-state index in [1.807, 2.05) is 0 Å². The van der Waals surface area contributed by atoms with Crippen molar-refractivity contribution in [1.82, 2.24) is 0 Å². The highest BCUT2D eigenvalue weighted by Crippen LogP contribution is 2.27. The first-order valence-electron chi connectivity index (χ1n) is 4.81. The van der Waals surface area contributed by atoms with E-state index in [4.69, 9.17) is 41.2 Å². The van der Waals surface area contributed by atoms with Gasteiger partial charge < -0.3 is 11.1 Å². The van der Waals surface area contributed by atoms with E-state index in [1.54, 1.807) is 32.0 Å². The molecule has 1 aromatic rings. The van der Waals surface area contributed by atoms with Crippen molar-refractivity contribution in [2.45, 2.75) is 13.8 Å². The summed E-state index contributed by atoms with van der Waals surface area (Å²) >= 11 is 16.5. The number of carbonyl (C=O) groups is 1. The average Bonchev–Trinajstić information content (AvgIpc) is 2.21. The average molecular weight is 291 g/mol. The summed E-state index contributed by atoms with van der Waals surface area (Å²) in [5.41, 5.74) is 5.05. The van der Waals surface area contributed by atoms with Crippen molar-refractivity contribution in [3.63, 3.8) is 0 Å². The largest absolute Gasteiger partial charge is 0.392 e. The van der Waals surface area contributed by atoms with E-state index >= 15 is 0 Å². The quantitative estimate of drug-likeness (QED) is 0.841. The lowest BCUT2D eigenvalue weighted by molar-refractivity contribution is -0.121. The number of hydrogen-bond donors (Lipinski definition) is 2. The fourth-order valence-corrected chi connectivity index (χ4v) is 1.53. The summed E-state index contributed by atoms with van der Waals surface area (Å²) in [7, 11) is 0. The zero-order chi connectivity index (χ0) is 13.2. The number of amides is 1. The van der Waals surface area contributed by atoms with E-state index in [1.165, 1.54) is 0 Å². The number of nitrogens with two attached hydrogens (primary N) is 1. The van der Waals surface area contributed by atoms with E-state index < -0.39 is 5.41 Å². The minimum Gasteiger partial charge on any atom is -0.392 e. The minimum absolute atomic E-state index is 0.125. The molecule has 0 aliphatic carbocycles. The summed E-state index contributed by atoms with van der Waals surface area (Å²) < 4.78 is 0. The van der Waals surface area contributed by atoms with Crippen LogP contribution in [0.2, 0.25) is 10.0 Å². The number of anilines is 1. The first kappa shape index (κ1) is 14.2. The monoisotopic (exact) mass is 290 g/mol. The number of benzene rings is 1. The molecule has 0 aromatic heterocycles. The van der Waals surface area contributed by atoms with Gasteiger partial charge >= 0.3 is 0 Å². The van der Waals surface area contributed by atoms with Crippen LogP contribution in [0, 0.1) is 5.41 Å². The van der Waals surface area contributed by atoms with Gasteiger partial charge in [-0.2, -0.15) is 0 Å². The second kappa shape index (κ2) is 5.21. The van der Waals surface area contributed by atoms with Gasteiger partial charge in [0.05, 0.1) is 21.1 Å². The van der Waals surface area contributed by atoms with Gasteiger partial charge in [0.2, 0.25) is 5.91 Å². The van der Waals surface area contributed by atoms with Crippen LogP contribution in [-0.4, -0.2) is 10.9 Å². The highest BCUT2D eigenvalue weighted by Gasteiger charge is 2.31. The molecule has 0 bridgehead atoms. The van der Waals surface area contributed by atoms with E-state index in [-0.39, 0.29) is 10.9 Å². The fraction of sp³-hybridized carbons (Fsp3) is 0.273. The zero-order valence-electron chi connectivity index (χ0n) is 9.38. The van der Waals surface area contributed by atoms with Crippen LogP contribution < -0.4 is 11.1 Å². The molecule has 0 unspecified atom stereocenters. The van der Waals surface area contributed by atoms with Crippen LogP contribution in [-0.2, 0) is 4.79 Å². The lowest BCUT2D eigenvalue weighted by Crippen LogP contribution is -2.41. The fourth-order valence-electron chi connectivity index (χ4n) is 0.981. The molecule has 0 fully saturated rings. The van der Waals surface area contributed by atoms with Crippen LogP contribution in [0.25, 0.3) is 0 Å². The summed E-state index contributed by atoms with van der Waals surface area (Å²) in [4.78, 5) is 12.1. The maximum Gasteiger partial charge on any atom is 0.236 e. The van der Waals surface area contributed by atoms with Crippen molar-refractivity contribution < 1.29 is 4.79 Å². The molecule has 0 saturated carbocycles. The molecule has 1 aromatic carbocycles. The van der Waals surface area contributed by atoms with E-state index in [0.29, 0.717) is 15.7 Å². The maximum atomic E-state index is 11.9. The molecule has 0 aliphatic heterocycles. The summed E-state index contributed by atoms with van der Waals surface area (Å²) in [6.45, 7) is 3.29. The van der Waals surface area contributed by atoms with Gasteiger partial charge in [-0.05, 0) is 32.0 Å². The number of halogens is 2. The molecule has 3 N–H and O–H groups in total. The highest BCUT2D eigenvalue weighted by molar-refractivity contribution is 7.80. The molecule has 0 aliphatic rings. The third kappa shape index (κ3) is 3.31. The van der Waals surface area contributed by atoms with Crippen LogP contribution in [0.1, 0.15) is 13.8 Å². The normalized spacial score (nSPS) is 11.1. The van der Waals surface area contributed by atoms with Gasteiger partial charge in [-0.15, -0.1) is 0 Å². The van der Waals surface area contributed by atoms with Crippen molar-refractivity contribution in [2.24, 2.45) is 11.1 Å². The summed E-state index contributed by atoms with van der Waals surface area (Å²) in [6, 6.07) is 4.81. The highest BCUT2D eigenvalue weighted by atomic mass is 35.5. The molecule has 6 heteroatoms. The SMILES string of the molecule is CC(C)(C(=O)Nc1ccc(Cl)cc1Cl)C(N)=S. The molecule has 0 radical (unpaired) electrons. The topological polar surface area (TPSA) is 55.1 Å². The molecular formula is C11H12Cl2N2OS. The third-order valence-corrected chi connectivity index (χ3v) is 3.42. The van der Waals surface area contributed by atoms with Crippen molar-refractivity contribution >= 4 is 52.0 Å². The van der Waals surface area contributed by atoms with E-state index in [0.717, 1.165) is 0 Å². The van der Waals surface area contributed by atoms with Gasteiger partial charge in [-0.1, -0.05) is 35.4 Å². The molecule has 0 saturated heterocycles. The Labute approximate surface area is 115 Å². The molecule has 1 amide bonds. The van der Waals surface area contributed by atoms with Crippen molar-refractivity contribution in [3.8, 4) is 0 Å². The zero-order valence-corrected chi connectivity index (χ0v) is 11.7. The van der Waals surface area contributed by atoms with Crippen LogP contribution in [0.4, 0.5) is 5.69 Å². The van der Waals surface area contributed by atoms with Gasteiger partial charge in [0.25, 0.3) is 0 Å². The summed E-state index contributed by atoms with van der Waals surface area (Å²) in [5, 5.41) is 3.53. The Morgan fingerprint density at radius 2 is 2.00 bits per heavy atom. The van der Waals surface area contributed by atoms with Gasteiger partial charge in [-0.25, -0.2) is 0 Å². The molecule has 0 spiro atoms. The minimum atomic E-state index is -0.932. The second-order valence-corrected chi connectivity index (χ2v) is 5.35. The molecule has 1 rings (SSSR count). The Morgan fingerprint density at radius 1 is 1.41 bits per heavy atom. The number of thiocarbonyl (C=S) groups is 1. The van der Waals surface area contributed by atoms with Gasteiger partial charge in [-0.3, -0.25) is 4.79 Å². The van der Waals surface area contributed by atoms with E-state index in [2.05, 4.69) is 5.32 Å². The smallest absolute Gasteiger partial charge is 0.236 e. The second-order valence-electron chi connectivity index (χ2n) is 4.07. The summed E-state index contributed by atoms with van der Waals surface area (Å²) in [5.74, 6) is -0.311. The molecule has 0 atom stereocenters. The molecule has 3 nitrogen and oxygen atoms in total. The lowest BCUT2D eigenvalue weighted by Gasteiger charge is -2.22. The summed E-state index contributed by atoms with van der Waals surface area (Å²) in [6.07, 6.45) is 0. The van der Waals surface area contributed by atoms with Gasteiger partial charge in [0, 0.05) is 5.02 Å². The number of nitrogens with one attached hydrogen (secondary N) is 1. The van der Waals surface area contributed by atoms with Crippen LogP contribution in [0.5, 0.6) is 0 Å². The van der Waals surface area contributed by atoms with Gasteiger partial charge in [0.15, 0.2) is 0 Å². The Morgan fingerprint density at radius 3 is 2.47 bits per heavy atom. The Hall–Kier alpha value is -0.840. The maximum absolute atomic E-state index is 11.9. The van der Waals surface area contributed by atoms with Crippen molar-refractivity contribution in [2.75, 3.05) is 5.32 Å². The van der Waals surface area contributed by atoms with Gasteiger partial charge in [0.1, 0.15) is 0 Å².